The molecule has 3 saturated heterocycles. The van der Waals surface area contributed by atoms with Gasteiger partial charge in [0.05, 0.1) is 29.5 Å². The summed E-state index contributed by atoms with van der Waals surface area (Å²) in [5.74, 6) is 0.00761. The molecule has 0 saturated carbocycles. The summed E-state index contributed by atoms with van der Waals surface area (Å²) in [5, 5.41) is 9.06. The van der Waals surface area contributed by atoms with Crippen LogP contribution < -0.4 is 16.4 Å². The number of amides is 2. The van der Waals surface area contributed by atoms with E-state index in [-0.39, 0.29) is 23.3 Å². The molecule has 106 valence electrons. The normalized spacial score (nSPS) is 24.2. The molecule has 2 atom stereocenters. The first-order valence-corrected chi connectivity index (χ1v) is 6.29. The number of primary amides is 1. The van der Waals surface area contributed by atoms with Crippen molar-refractivity contribution in [3.8, 4) is 0 Å². The van der Waals surface area contributed by atoms with Crippen molar-refractivity contribution in [2.24, 2.45) is 5.73 Å². The Kier molecular flexibility index (Phi) is 2.66. The van der Waals surface area contributed by atoms with E-state index in [1.165, 1.54) is 11.1 Å². The summed E-state index contributed by atoms with van der Waals surface area (Å²) in [4.78, 5) is 30.0. The van der Waals surface area contributed by atoms with Gasteiger partial charge in [0.1, 0.15) is 5.82 Å². The maximum atomic E-state index is 11.3. The van der Waals surface area contributed by atoms with Crippen LogP contribution in [0.5, 0.6) is 0 Å². The zero-order valence-electron chi connectivity index (χ0n) is 10.7. The van der Waals surface area contributed by atoms with Gasteiger partial charge in [0.25, 0.3) is 5.91 Å². The fourth-order valence-corrected chi connectivity index (χ4v) is 2.95. The molecule has 3 aliphatic heterocycles. The molecule has 8 nitrogen and oxygen atoms in total. The summed E-state index contributed by atoms with van der Waals surface area (Å²) in [5.41, 5.74) is 11.4. The van der Waals surface area contributed by atoms with Gasteiger partial charge in [0.2, 0.25) is 0 Å². The molecule has 0 spiro atoms. The largest absolute Gasteiger partial charge is 0.465 e. The van der Waals surface area contributed by atoms with Crippen molar-refractivity contribution < 1.29 is 14.7 Å². The number of nitrogen functional groups attached to an aromatic ring is 1. The van der Waals surface area contributed by atoms with E-state index >= 15 is 0 Å². The first-order chi connectivity index (χ1) is 9.47. The van der Waals surface area contributed by atoms with Crippen LogP contribution in [0.2, 0.25) is 0 Å². The van der Waals surface area contributed by atoms with Gasteiger partial charge in [-0.05, 0) is 12.5 Å². The highest BCUT2D eigenvalue weighted by molar-refractivity contribution is 5.98. The minimum Gasteiger partial charge on any atom is -0.465 e. The molecule has 0 aliphatic carbocycles. The topological polar surface area (TPSA) is 126 Å². The summed E-state index contributed by atoms with van der Waals surface area (Å²) in [7, 11) is 0. The Morgan fingerprint density at radius 2 is 2.00 bits per heavy atom. The van der Waals surface area contributed by atoms with Crippen LogP contribution in [0, 0.1) is 0 Å². The number of carbonyl (C=O) groups excluding carboxylic acids is 1. The van der Waals surface area contributed by atoms with Gasteiger partial charge in [0.15, 0.2) is 0 Å². The van der Waals surface area contributed by atoms with Crippen molar-refractivity contribution >= 4 is 23.5 Å². The third-order valence-corrected chi connectivity index (χ3v) is 3.92. The third-order valence-electron chi connectivity index (χ3n) is 3.92. The van der Waals surface area contributed by atoms with Crippen molar-refractivity contribution in [2.75, 3.05) is 23.7 Å². The Labute approximate surface area is 115 Å². The predicted octanol–water partition coefficient (Wildman–Crippen LogP) is -0.296. The van der Waals surface area contributed by atoms with E-state index in [1.807, 2.05) is 4.90 Å². The van der Waals surface area contributed by atoms with Gasteiger partial charge in [-0.15, -0.1) is 0 Å². The Bertz CT molecular complexity index is 578. The summed E-state index contributed by atoms with van der Waals surface area (Å²) in [6.45, 7) is 1.13. The van der Waals surface area contributed by atoms with Crippen LogP contribution >= 0.6 is 0 Å². The van der Waals surface area contributed by atoms with Gasteiger partial charge < -0.3 is 21.5 Å². The molecule has 3 fully saturated rings. The lowest BCUT2D eigenvalue weighted by atomic mass is 9.88. The van der Waals surface area contributed by atoms with E-state index in [9.17, 15) is 9.59 Å². The van der Waals surface area contributed by atoms with E-state index < -0.39 is 12.0 Å². The van der Waals surface area contributed by atoms with Crippen molar-refractivity contribution in [2.45, 2.75) is 18.5 Å². The lowest BCUT2D eigenvalue weighted by Crippen LogP contribution is -2.70. The predicted molar refractivity (Wildman–Crippen MR) is 71.4 cm³/mol. The smallest absolute Gasteiger partial charge is 0.407 e. The highest BCUT2D eigenvalue weighted by atomic mass is 16.4. The number of anilines is 2. The molecule has 3 aliphatic rings. The molecule has 2 unspecified atom stereocenters. The Morgan fingerprint density at radius 1 is 1.35 bits per heavy atom. The lowest BCUT2D eigenvalue weighted by molar-refractivity contribution is 0.0112. The average molecular weight is 277 g/mol. The van der Waals surface area contributed by atoms with E-state index in [0.717, 1.165) is 6.42 Å². The van der Waals surface area contributed by atoms with E-state index in [2.05, 4.69) is 4.98 Å². The average Bonchev–Trinajstić information content (AvgIpc) is 2.38. The maximum absolute atomic E-state index is 11.3. The van der Waals surface area contributed by atoms with E-state index in [4.69, 9.17) is 16.6 Å². The summed E-state index contributed by atoms with van der Waals surface area (Å²) in [6.07, 6.45) is 1.40. The number of pyridine rings is 1. The van der Waals surface area contributed by atoms with Gasteiger partial charge in [-0.3, -0.25) is 9.69 Å². The molecular weight excluding hydrogens is 262 g/mol. The first kappa shape index (κ1) is 12.5. The number of carbonyl (C=O) groups is 2. The number of hydrogen-bond acceptors (Lipinski definition) is 5. The second kappa shape index (κ2) is 4.26. The second-order valence-electron chi connectivity index (χ2n) is 5.13. The lowest BCUT2D eigenvalue weighted by Gasteiger charge is -2.55. The molecule has 5 N–H and O–H groups in total. The molecule has 0 radical (unpaired) electrons. The van der Waals surface area contributed by atoms with Gasteiger partial charge in [0, 0.05) is 13.1 Å². The summed E-state index contributed by atoms with van der Waals surface area (Å²) >= 11 is 0. The fraction of sp³-hybridized carbons (Fsp3) is 0.417. The Morgan fingerprint density at radius 3 is 2.55 bits per heavy atom. The van der Waals surface area contributed by atoms with Gasteiger partial charge in [-0.2, -0.15) is 0 Å². The molecule has 4 rings (SSSR count). The van der Waals surface area contributed by atoms with Crippen LogP contribution in [0.3, 0.4) is 0 Å². The number of fused-ring (bicyclic) bond motifs is 2. The number of nitrogens with zero attached hydrogens (tertiary/aromatic N) is 3. The molecule has 2 amide bonds. The van der Waals surface area contributed by atoms with Crippen LogP contribution in [0.1, 0.15) is 16.8 Å². The first-order valence-electron chi connectivity index (χ1n) is 6.29. The molecule has 2 bridgehead atoms. The number of piperidine rings is 1. The van der Waals surface area contributed by atoms with Crippen molar-refractivity contribution in [3.05, 3.63) is 17.8 Å². The number of nitrogens with two attached hydrogens (primary N) is 2. The zero-order valence-corrected chi connectivity index (χ0v) is 10.7. The van der Waals surface area contributed by atoms with E-state index in [0.29, 0.717) is 18.9 Å². The quantitative estimate of drug-likeness (QED) is 0.681. The molecule has 20 heavy (non-hydrogen) atoms. The van der Waals surface area contributed by atoms with Crippen LogP contribution in [-0.2, 0) is 0 Å². The summed E-state index contributed by atoms with van der Waals surface area (Å²) < 4.78 is 0. The fourth-order valence-electron chi connectivity index (χ4n) is 2.95. The number of hydrogen-bond donors (Lipinski definition) is 3. The minimum absolute atomic E-state index is 0.0115. The van der Waals surface area contributed by atoms with Crippen LogP contribution in [0.4, 0.5) is 16.3 Å². The monoisotopic (exact) mass is 277 g/mol. The SMILES string of the molecule is NC(=O)c1cc(N2CC3CC(C2)N3C(=O)O)ncc1N. The van der Waals surface area contributed by atoms with Gasteiger partial charge >= 0.3 is 6.09 Å². The zero-order chi connectivity index (χ0) is 14.4. The summed E-state index contributed by atoms with van der Waals surface area (Å²) in [6, 6.07) is 1.54. The van der Waals surface area contributed by atoms with E-state index in [1.54, 1.807) is 6.07 Å². The van der Waals surface area contributed by atoms with Crippen molar-refractivity contribution in [1.29, 1.82) is 0 Å². The molecule has 1 aromatic heterocycles. The standard InChI is InChI=1S/C12H15N5O3/c13-9-3-15-10(2-8(9)11(14)18)16-4-6-1-7(5-16)17(6)12(19)20/h2-3,6-7H,1,4-5,13H2,(H2,14,18)(H,19,20). The number of piperazine rings is 1. The Balaban J connectivity index is 1.81. The van der Waals surface area contributed by atoms with Gasteiger partial charge in [-0.25, -0.2) is 9.78 Å². The Hall–Kier alpha value is -2.51. The highest BCUT2D eigenvalue weighted by Gasteiger charge is 2.47. The molecule has 1 aromatic rings. The number of carboxylic acid groups (broad SMARTS) is 1. The molecular formula is C12H15N5O3. The van der Waals surface area contributed by atoms with Crippen LogP contribution in [-0.4, -0.2) is 52.2 Å². The number of aromatic nitrogens is 1. The third kappa shape index (κ3) is 1.80. The highest BCUT2D eigenvalue weighted by Crippen LogP contribution is 2.34. The second-order valence-corrected chi connectivity index (χ2v) is 5.13. The van der Waals surface area contributed by atoms with Crippen molar-refractivity contribution in [1.82, 2.24) is 9.88 Å². The number of rotatable bonds is 2. The van der Waals surface area contributed by atoms with Crippen LogP contribution in [0.15, 0.2) is 12.3 Å². The van der Waals surface area contributed by atoms with Crippen molar-refractivity contribution in [3.63, 3.8) is 0 Å². The van der Waals surface area contributed by atoms with Crippen LogP contribution in [0.25, 0.3) is 0 Å². The molecule has 0 aromatic carbocycles. The minimum atomic E-state index is -0.881. The van der Waals surface area contributed by atoms with Gasteiger partial charge in [-0.1, -0.05) is 0 Å². The molecule has 4 heterocycles. The molecule has 8 heteroatoms. The maximum Gasteiger partial charge on any atom is 0.407 e.